The van der Waals surface area contributed by atoms with Crippen LogP contribution in [-0.4, -0.2) is 30.6 Å². The maximum atomic E-state index is 13.8. The van der Waals surface area contributed by atoms with Crippen LogP contribution in [0.25, 0.3) is 10.9 Å². The molecule has 1 heterocycles. The van der Waals surface area contributed by atoms with Gasteiger partial charge in [-0.25, -0.2) is 17.9 Å². The number of carboxylic acids is 1. The largest absolute Gasteiger partial charge is 0.478 e. The second-order valence-corrected chi connectivity index (χ2v) is 15.1. The van der Waals surface area contributed by atoms with Gasteiger partial charge < -0.3 is 9.67 Å². The van der Waals surface area contributed by atoms with E-state index in [1.165, 1.54) is 0 Å². The number of nitrogens with zero attached hydrogens (tertiary/aromatic N) is 1. The van der Waals surface area contributed by atoms with Crippen LogP contribution in [0.5, 0.6) is 0 Å². The van der Waals surface area contributed by atoms with Gasteiger partial charge in [0.25, 0.3) is 0 Å². The average molecular weight is 705 g/mol. The third-order valence-electron chi connectivity index (χ3n) is 9.29. The van der Waals surface area contributed by atoms with Crippen molar-refractivity contribution in [2.24, 2.45) is 0 Å². The maximum Gasteiger partial charge on any atom is 0.335 e. The molecule has 1 aromatic heterocycles. The Morgan fingerprint density at radius 1 is 0.780 bits per heavy atom. The molecule has 5 aromatic carbocycles. The summed E-state index contributed by atoms with van der Waals surface area (Å²) in [4.78, 5) is 11.7. The summed E-state index contributed by atoms with van der Waals surface area (Å²) >= 11 is 6.66. The maximum absolute atomic E-state index is 13.8. The Kier molecular flexibility index (Phi) is 10.6. The summed E-state index contributed by atoms with van der Waals surface area (Å²) in [6, 6.07) is 37.4. The predicted molar refractivity (Wildman–Crippen MR) is 202 cm³/mol. The van der Waals surface area contributed by atoms with E-state index in [2.05, 4.69) is 39.6 Å². The van der Waals surface area contributed by atoms with Gasteiger partial charge in [-0.3, -0.25) is 0 Å². The minimum absolute atomic E-state index is 0.174. The van der Waals surface area contributed by atoms with E-state index in [1.54, 1.807) is 12.1 Å². The van der Waals surface area contributed by atoms with E-state index < -0.39 is 16.0 Å². The van der Waals surface area contributed by atoms with Gasteiger partial charge in [-0.05, 0) is 104 Å². The summed E-state index contributed by atoms with van der Waals surface area (Å²) in [7, 11) is -3.78. The van der Waals surface area contributed by atoms with Gasteiger partial charge in [0.15, 0.2) is 0 Å². The van der Waals surface area contributed by atoms with Crippen LogP contribution in [0, 0.1) is 20.8 Å². The number of nitrogens with one attached hydrogen (secondary N) is 1. The van der Waals surface area contributed by atoms with E-state index in [0.29, 0.717) is 16.3 Å². The summed E-state index contributed by atoms with van der Waals surface area (Å²) in [5, 5.41) is 11.0. The molecule has 0 radical (unpaired) electrons. The van der Waals surface area contributed by atoms with Crippen molar-refractivity contribution in [3.05, 3.63) is 170 Å². The number of aromatic carboxylic acids is 1. The van der Waals surface area contributed by atoms with Gasteiger partial charge >= 0.3 is 5.97 Å². The Balaban J connectivity index is 1.44. The quantitative estimate of drug-likeness (QED) is 0.125. The number of aromatic nitrogens is 1. The van der Waals surface area contributed by atoms with Gasteiger partial charge in [0.05, 0.1) is 16.5 Å². The summed E-state index contributed by atoms with van der Waals surface area (Å²) in [6.07, 6.45) is 2.74. The topological polar surface area (TPSA) is 88.4 Å². The lowest BCUT2D eigenvalue weighted by Crippen LogP contribution is -2.28. The second-order valence-electron chi connectivity index (χ2n) is 12.9. The first-order valence-electron chi connectivity index (χ1n) is 16.8. The number of rotatable bonds is 13. The molecule has 0 unspecified atom stereocenters. The number of aryl methyl sites for hydroxylation is 5. The molecule has 0 fully saturated rings. The van der Waals surface area contributed by atoms with Gasteiger partial charge in [0, 0.05) is 34.6 Å². The Morgan fingerprint density at radius 3 is 1.96 bits per heavy atom. The summed E-state index contributed by atoms with van der Waals surface area (Å²) in [5.74, 6) is -0.944. The lowest BCUT2D eigenvalue weighted by Gasteiger charge is -2.25. The van der Waals surface area contributed by atoms with Crippen molar-refractivity contribution in [2.45, 2.75) is 57.4 Å². The smallest absolute Gasteiger partial charge is 0.335 e. The predicted octanol–water partition coefficient (Wildman–Crippen LogP) is 9.25. The number of fused-ring (bicyclic) bond motifs is 1. The number of halogens is 1. The van der Waals surface area contributed by atoms with E-state index >= 15 is 0 Å². The van der Waals surface area contributed by atoms with Crippen LogP contribution in [0.2, 0.25) is 5.02 Å². The van der Waals surface area contributed by atoms with Crippen molar-refractivity contribution in [3.63, 3.8) is 0 Å². The van der Waals surface area contributed by atoms with Gasteiger partial charge in [-0.2, -0.15) is 0 Å². The minimum atomic E-state index is -3.78. The van der Waals surface area contributed by atoms with Crippen LogP contribution in [0.4, 0.5) is 0 Å². The first-order chi connectivity index (χ1) is 24.0. The monoisotopic (exact) mass is 704 g/mol. The molecule has 0 atom stereocenters. The molecule has 0 aliphatic rings. The molecule has 0 spiro atoms. The summed E-state index contributed by atoms with van der Waals surface area (Å²) in [5.41, 5.74) is 9.22. The molecule has 2 N–H and O–H groups in total. The van der Waals surface area contributed by atoms with E-state index in [1.807, 2.05) is 93.6 Å². The zero-order valence-corrected chi connectivity index (χ0v) is 30.1. The second kappa shape index (κ2) is 15.1. The van der Waals surface area contributed by atoms with E-state index in [4.69, 9.17) is 11.6 Å². The molecular formula is C42H41ClN2O4S. The molecule has 0 amide bonds. The number of carbonyl (C=O) groups is 1. The normalized spacial score (nSPS) is 11.8. The van der Waals surface area contributed by atoms with Crippen LogP contribution in [0.3, 0.4) is 0 Å². The molecule has 256 valence electrons. The van der Waals surface area contributed by atoms with Gasteiger partial charge in [0.1, 0.15) is 0 Å². The minimum Gasteiger partial charge on any atom is -0.478 e. The van der Waals surface area contributed by atoms with Crippen molar-refractivity contribution < 1.29 is 18.3 Å². The van der Waals surface area contributed by atoms with Crippen molar-refractivity contribution in [3.8, 4) is 0 Å². The van der Waals surface area contributed by atoms with Gasteiger partial charge in [-0.15, -0.1) is 0 Å². The highest BCUT2D eigenvalue weighted by atomic mass is 35.5. The van der Waals surface area contributed by atoms with Crippen molar-refractivity contribution in [1.82, 2.24) is 9.29 Å². The molecule has 6 rings (SSSR count). The number of benzene rings is 5. The highest BCUT2D eigenvalue weighted by molar-refractivity contribution is 7.89. The highest BCUT2D eigenvalue weighted by Gasteiger charge is 2.26. The Labute approximate surface area is 299 Å². The summed E-state index contributed by atoms with van der Waals surface area (Å²) in [6.45, 7) is 5.86. The van der Waals surface area contributed by atoms with Crippen LogP contribution in [0.15, 0.2) is 120 Å². The first-order valence-corrected chi connectivity index (χ1v) is 18.7. The molecule has 8 heteroatoms. The van der Waals surface area contributed by atoms with E-state index in [0.717, 1.165) is 74.8 Å². The molecule has 0 aliphatic heterocycles. The Bertz CT molecular complexity index is 2180. The molecule has 6 aromatic rings. The lowest BCUT2D eigenvalue weighted by molar-refractivity contribution is 0.0697. The fraction of sp³-hybridized carbons (Fsp3) is 0.214. The molecule has 0 saturated heterocycles. The fourth-order valence-electron chi connectivity index (χ4n) is 7.26. The Hall–Kier alpha value is -4.69. The van der Waals surface area contributed by atoms with Crippen LogP contribution in [-0.2, 0) is 29.3 Å². The number of carboxylic acid groups (broad SMARTS) is 1. The van der Waals surface area contributed by atoms with Crippen molar-refractivity contribution in [1.29, 1.82) is 0 Å². The van der Waals surface area contributed by atoms with Crippen LogP contribution < -0.4 is 4.72 Å². The standard InChI is InChI=1S/C42H41ClN2O4S/c1-28-25-29(2)41(30(3)26-28)50(48,49)44-24-23-39-36(16-10-11-31-17-19-34(20-18-31)42(46)47)37-27-35(43)21-22-38(37)45(39)40(32-12-6-4-7-13-32)33-14-8-5-9-15-33/h4-9,12-15,17-22,25-27,40,44H,10-11,16,23-24H2,1-3H3,(H,46,47). The van der Waals surface area contributed by atoms with Gasteiger partial charge in [0.2, 0.25) is 10.0 Å². The SMILES string of the molecule is Cc1cc(C)c(S(=O)(=O)NCCc2c(CCCc3ccc(C(=O)O)cc3)c3cc(Cl)ccc3n2C(c2ccccc2)c2ccccc2)c(C)c1. The average Bonchev–Trinajstić information content (AvgIpc) is 3.37. The number of sulfonamides is 1. The molecular weight excluding hydrogens is 664 g/mol. The molecule has 6 nitrogen and oxygen atoms in total. The molecule has 0 saturated carbocycles. The first kappa shape index (κ1) is 35.1. The van der Waals surface area contributed by atoms with Crippen molar-refractivity contribution in [2.75, 3.05) is 6.54 Å². The fourth-order valence-corrected chi connectivity index (χ4v) is 8.92. The van der Waals surface area contributed by atoms with Gasteiger partial charge in [-0.1, -0.05) is 102 Å². The highest BCUT2D eigenvalue weighted by Crippen LogP contribution is 2.38. The Morgan fingerprint density at radius 2 is 1.38 bits per heavy atom. The zero-order chi connectivity index (χ0) is 35.4. The third kappa shape index (κ3) is 7.55. The molecule has 50 heavy (non-hydrogen) atoms. The third-order valence-corrected chi connectivity index (χ3v) is 11.3. The van der Waals surface area contributed by atoms with Crippen LogP contribution >= 0.6 is 11.6 Å². The number of hydrogen-bond acceptors (Lipinski definition) is 3. The van der Waals surface area contributed by atoms with E-state index in [-0.39, 0.29) is 18.2 Å². The summed E-state index contributed by atoms with van der Waals surface area (Å²) < 4.78 is 32.8. The zero-order valence-electron chi connectivity index (χ0n) is 28.5. The molecule has 0 aliphatic carbocycles. The lowest BCUT2D eigenvalue weighted by atomic mass is 9.97. The van der Waals surface area contributed by atoms with E-state index in [9.17, 15) is 18.3 Å². The number of hydrogen-bond donors (Lipinski definition) is 2. The van der Waals surface area contributed by atoms with Crippen molar-refractivity contribution >= 4 is 38.5 Å². The molecule has 0 bridgehead atoms. The van der Waals surface area contributed by atoms with Crippen LogP contribution in [0.1, 0.15) is 67.5 Å².